The molecule has 2 amide bonds. The molecule has 22 heavy (non-hydrogen) atoms. The molecule has 3 N–H and O–H groups in total. The SMILES string of the molecule is Cc1ccc(S(=O)(=O)NCNC(=O)Nc2cccnc2)cc1. The van der Waals surface area contributed by atoms with Gasteiger partial charge in [0.25, 0.3) is 0 Å². The molecule has 1 heterocycles. The Morgan fingerprint density at radius 3 is 2.55 bits per heavy atom. The highest BCUT2D eigenvalue weighted by Crippen LogP contribution is 2.09. The molecule has 0 bridgehead atoms. The predicted octanol–water partition coefficient (Wildman–Crippen LogP) is 1.45. The number of aromatic nitrogens is 1. The van der Waals surface area contributed by atoms with Crippen molar-refractivity contribution >= 4 is 21.7 Å². The van der Waals surface area contributed by atoms with Crippen molar-refractivity contribution < 1.29 is 13.2 Å². The minimum absolute atomic E-state index is 0.146. The molecule has 1 aromatic heterocycles. The Hall–Kier alpha value is -2.45. The maximum Gasteiger partial charge on any atom is 0.320 e. The van der Waals surface area contributed by atoms with Crippen LogP contribution in [0.5, 0.6) is 0 Å². The van der Waals surface area contributed by atoms with Crippen molar-refractivity contribution in [1.82, 2.24) is 15.0 Å². The third-order valence-corrected chi connectivity index (χ3v) is 4.18. The van der Waals surface area contributed by atoms with Gasteiger partial charge in [-0.1, -0.05) is 17.7 Å². The van der Waals surface area contributed by atoms with Gasteiger partial charge in [-0.2, -0.15) is 4.72 Å². The molecule has 0 unspecified atom stereocenters. The van der Waals surface area contributed by atoms with Gasteiger partial charge in [0.1, 0.15) is 0 Å². The number of amides is 2. The number of carbonyl (C=O) groups is 1. The van der Waals surface area contributed by atoms with Gasteiger partial charge in [0.2, 0.25) is 10.0 Å². The minimum atomic E-state index is -3.65. The number of nitrogens with one attached hydrogen (secondary N) is 3. The highest BCUT2D eigenvalue weighted by atomic mass is 32.2. The molecule has 0 atom stereocenters. The van der Waals surface area contributed by atoms with Gasteiger partial charge in [-0.15, -0.1) is 0 Å². The van der Waals surface area contributed by atoms with Gasteiger partial charge in [0.05, 0.1) is 23.4 Å². The standard InChI is InChI=1S/C14H16N4O3S/c1-11-4-6-13(7-5-11)22(20,21)17-10-16-14(19)18-12-3-2-8-15-9-12/h2-9,17H,10H2,1H3,(H2,16,18,19). The average molecular weight is 320 g/mol. The summed E-state index contributed by atoms with van der Waals surface area (Å²) in [5.41, 5.74) is 1.48. The van der Waals surface area contributed by atoms with Crippen molar-refractivity contribution in [2.45, 2.75) is 11.8 Å². The number of pyridine rings is 1. The van der Waals surface area contributed by atoms with Crippen LogP contribution in [-0.2, 0) is 10.0 Å². The number of hydrogen-bond acceptors (Lipinski definition) is 4. The zero-order valence-electron chi connectivity index (χ0n) is 11.9. The largest absolute Gasteiger partial charge is 0.324 e. The van der Waals surface area contributed by atoms with E-state index in [9.17, 15) is 13.2 Å². The topological polar surface area (TPSA) is 100 Å². The third-order valence-electron chi connectivity index (χ3n) is 2.76. The van der Waals surface area contributed by atoms with Crippen molar-refractivity contribution in [2.24, 2.45) is 0 Å². The number of sulfonamides is 1. The molecule has 0 aliphatic rings. The second kappa shape index (κ2) is 7.01. The van der Waals surface area contributed by atoms with Crippen LogP contribution in [0, 0.1) is 6.92 Å². The number of aryl methyl sites for hydroxylation is 1. The maximum absolute atomic E-state index is 12.0. The zero-order chi connectivity index (χ0) is 16.0. The van der Waals surface area contributed by atoms with Crippen LogP contribution in [0.3, 0.4) is 0 Å². The summed E-state index contributed by atoms with van der Waals surface area (Å²) in [5.74, 6) is 0. The predicted molar refractivity (Wildman–Crippen MR) is 82.8 cm³/mol. The molecule has 0 radical (unpaired) electrons. The molecule has 0 saturated carbocycles. The molecule has 8 heteroatoms. The van der Waals surface area contributed by atoms with Crippen LogP contribution in [0.2, 0.25) is 0 Å². The van der Waals surface area contributed by atoms with E-state index in [1.165, 1.54) is 18.3 Å². The van der Waals surface area contributed by atoms with Gasteiger partial charge in [-0.25, -0.2) is 13.2 Å². The second-order valence-corrected chi connectivity index (χ2v) is 6.28. The second-order valence-electron chi connectivity index (χ2n) is 4.51. The van der Waals surface area contributed by atoms with E-state index < -0.39 is 16.1 Å². The maximum atomic E-state index is 12.0. The minimum Gasteiger partial charge on any atom is -0.324 e. The van der Waals surface area contributed by atoms with E-state index in [0.717, 1.165) is 5.56 Å². The lowest BCUT2D eigenvalue weighted by molar-refractivity contribution is 0.252. The van der Waals surface area contributed by atoms with Crippen molar-refractivity contribution in [3.63, 3.8) is 0 Å². The lowest BCUT2D eigenvalue weighted by Gasteiger charge is -2.09. The smallest absolute Gasteiger partial charge is 0.320 e. The average Bonchev–Trinajstić information content (AvgIpc) is 2.48. The summed E-state index contributed by atoms with van der Waals surface area (Å²) in [6.45, 7) is 1.65. The van der Waals surface area contributed by atoms with Gasteiger partial charge in [0, 0.05) is 6.20 Å². The first-order chi connectivity index (χ1) is 10.5. The molecule has 0 fully saturated rings. The van der Waals surface area contributed by atoms with Gasteiger partial charge >= 0.3 is 6.03 Å². The van der Waals surface area contributed by atoms with Crippen LogP contribution < -0.4 is 15.4 Å². The molecular formula is C14H16N4O3S. The first-order valence-corrected chi connectivity index (χ1v) is 7.97. The lowest BCUT2D eigenvalue weighted by Crippen LogP contribution is -2.39. The summed E-state index contributed by atoms with van der Waals surface area (Å²) in [7, 11) is -3.65. The van der Waals surface area contributed by atoms with E-state index in [1.54, 1.807) is 30.5 Å². The normalized spacial score (nSPS) is 11.0. The van der Waals surface area contributed by atoms with E-state index in [0.29, 0.717) is 5.69 Å². The summed E-state index contributed by atoms with van der Waals surface area (Å²) in [6.07, 6.45) is 3.06. The quantitative estimate of drug-likeness (QED) is 0.726. The summed E-state index contributed by atoms with van der Waals surface area (Å²) in [6, 6.07) is 9.24. The first kappa shape index (κ1) is 15.9. The van der Waals surface area contributed by atoms with Crippen LogP contribution in [0.15, 0.2) is 53.7 Å². The van der Waals surface area contributed by atoms with Crippen LogP contribution >= 0.6 is 0 Å². The molecule has 2 aromatic rings. The highest BCUT2D eigenvalue weighted by Gasteiger charge is 2.13. The fourth-order valence-electron chi connectivity index (χ4n) is 1.62. The van der Waals surface area contributed by atoms with Crippen molar-refractivity contribution in [2.75, 3.05) is 12.0 Å². The molecular weight excluding hydrogens is 304 g/mol. The molecule has 116 valence electrons. The Morgan fingerprint density at radius 1 is 1.18 bits per heavy atom. The van der Waals surface area contributed by atoms with Crippen LogP contribution in [-0.4, -0.2) is 26.1 Å². The van der Waals surface area contributed by atoms with Crippen molar-refractivity contribution in [3.8, 4) is 0 Å². The molecule has 0 spiro atoms. The van der Waals surface area contributed by atoms with Gasteiger partial charge in [0.15, 0.2) is 0 Å². The van der Waals surface area contributed by atoms with Gasteiger partial charge in [-0.3, -0.25) is 4.98 Å². The molecule has 2 rings (SSSR count). The summed E-state index contributed by atoms with van der Waals surface area (Å²) < 4.78 is 26.3. The molecule has 0 saturated heterocycles. The Bertz CT molecular complexity index is 730. The number of anilines is 1. The van der Waals surface area contributed by atoms with Crippen LogP contribution in [0.1, 0.15) is 5.56 Å². The number of rotatable bonds is 5. The van der Waals surface area contributed by atoms with Crippen LogP contribution in [0.4, 0.5) is 10.5 Å². The number of hydrogen-bond donors (Lipinski definition) is 3. The number of carbonyl (C=O) groups excluding carboxylic acids is 1. The van der Waals surface area contributed by atoms with E-state index >= 15 is 0 Å². The molecule has 0 aliphatic carbocycles. The summed E-state index contributed by atoms with van der Waals surface area (Å²) >= 11 is 0. The van der Waals surface area contributed by atoms with E-state index in [-0.39, 0.29) is 11.6 Å². The van der Waals surface area contributed by atoms with Crippen molar-refractivity contribution in [1.29, 1.82) is 0 Å². The fourth-order valence-corrected chi connectivity index (χ4v) is 2.55. The summed E-state index contributed by atoms with van der Waals surface area (Å²) in [5, 5.41) is 4.93. The Balaban J connectivity index is 1.85. The van der Waals surface area contributed by atoms with Gasteiger partial charge < -0.3 is 10.6 Å². The van der Waals surface area contributed by atoms with Crippen molar-refractivity contribution in [3.05, 3.63) is 54.4 Å². The molecule has 7 nitrogen and oxygen atoms in total. The van der Waals surface area contributed by atoms with Gasteiger partial charge in [-0.05, 0) is 31.2 Å². The monoisotopic (exact) mass is 320 g/mol. The Morgan fingerprint density at radius 2 is 1.91 bits per heavy atom. The Labute approximate surface area is 128 Å². The number of nitrogens with zero attached hydrogens (tertiary/aromatic N) is 1. The number of urea groups is 1. The molecule has 1 aromatic carbocycles. The van der Waals surface area contributed by atoms with E-state index in [2.05, 4.69) is 20.3 Å². The summed E-state index contributed by atoms with van der Waals surface area (Å²) in [4.78, 5) is 15.6. The fraction of sp³-hybridized carbons (Fsp3) is 0.143. The van der Waals surface area contributed by atoms with E-state index in [1.807, 2.05) is 6.92 Å². The third kappa shape index (κ3) is 4.54. The van der Waals surface area contributed by atoms with E-state index in [4.69, 9.17) is 0 Å². The Kier molecular flexibility index (Phi) is 5.08. The molecule has 0 aliphatic heterocycles. The number of benzene rings is 1. The lowest BCUT2D eigenvalue weighted by atomic mass is 10.2. The zero-order valence-corrected chi connectivity index (χ0v) is 12.7. The highest BCUT2D eigenvalue weighted by molar-refractivity contribution is 7.89. The first-order valence-electron chi connectivity index (χ1n) is 6.48. The van der Waals surface area contributed by atoms with Crippen LogP contribution in [0.25, 0.3) is 0 Å².